The highest BCUT2D eigenvalue weighted by Crippen LogP contribution is 2.31. The summed E-state index contributed by atoms with van der Waals surface area (Å²) in [7, 11) is 0. The Morgan fingerprint density at radius 2 is 1.90 bits per heavy atom. The third-order valence-corrected chi connectivity index (χ3v) is 3.91. The fourth-order valence-electron chi connectivity index (χ4n) is 2.17. The second-order valence-corrected chi connectivity index (χ2v) is 5.36. The van der Waals surface area contributed by atoms with Crippen LogP contribution in [0.25, 0.3) is 22.2 Å². The van der Waals surface area contributed by atoms with E-state index in [9.17, 15) is 4.79 Å². The predicted molar refractivity (Wildman–Crippen MR) is 82.6 cm³/mol. The van der Waals surface area contributed by atoms with Crippen molar-refractivity contribution in [1.82, 2.24) is 9.97 Å². The minimum absolute atomic E-state index is 0.0766. The van der Waals surface area contributed by atoms with Gasteiger partial charge in [0, 0.05) is 24.0 Å². The molecule has 0 aliphatic heterocycles. The van der Waals surface area contributed by atoms with E-state index in [4.69, 9.17) is 23.2 Å². The summed E-state index contributed by atoms with van der Waals surface area (Å²) in [5.74, 6) is 0. The van der Waals surface area contributed by atoms with E-state index >= 15 is 0 Å². The molecule has 1 N–H and O–H groups in total. The molecule has 0 bridgehead atoms. The lowest BCUT2D eigenvalue weighted by Crippen LogP contribution is -2.03. The zero-order valence-electron chi connectivity index (χ0n) is 10.6. The molecule has 0 saturated heterocycles. The molecule has 1 aromatic carbocycles. The number of H-pyrrole nitrogens is 1. The van der Waals surface area contributed by atoms with Gasteiger partial charge < -0.3 is 4.98 Å². The number of nitrogens with zero attached hydrogens (tertiary/aromatic N) is 1. The maximum absolute atomic E-state index is 12.1. The average Bonchev–Trinajstić information content (AvgIpc) is 2.43. The van der Waals surface area contributed by atoms with Gasteiger partial charge in [0.05, 0.1) is 26.6 Å². The number of hydrogen-bond acceptors (Lipinski definition) is 2. The van der Waals surface area contributed by atoms with Crippen molar-refractivity contribution < 1.29 is 0 Å². The number of aromatic nitrogens is 2. The molecule has 0 radical (unpaired) electrons. The van der Waals surface area contributed by atoms with E-state index in [1.807, 2.05) is 6.92 Å². The Hall–Kier alpha value is -1.84. The molecule has 20 heavy (non-hydrogen) atoms. The molecule has 2 heterocycles. The number of nitrogens with one attached hydrogen (secondary N) is 1. The minimum atomic E-state index is -0.0766. The van der Waals surface area contributed by atoms with Crippen LogP contribution in [-0.2, 0) is 0 Å². The van der Waals surface area contributed by atoms with Crippen LogP contribution in [0.2, 0.25) is 10.0 Å². The second-order valence-electron chi connectivity index (χ2n) is 4.55. The zero-order valence-corrected chi connectivity index (χ0v) is 12.1. The number of fused-ring (bicyclic) bond motifs is 1. The van der Waals surface area contributed by atoms with Crippen molar-refractivity contribution in [2.24, 2.45) is 0 Å². The lowest BCUT2D eigenvalue weighted by atomic mass is 10.0. The molecule has 0 fully saturated rings. The summed E-state index contributed by atoms with van der Waals surface area (Å²) in [5, 5.41) is 1.53. The Kier molecular flexibility index (Phi) is 3.24. The van der Waals surface area contributed by atoms with Crippen molar-refractivity contribution in [2.75, 3.05) is 0 Å². The molecular formula is C15H10Cl2N2O. The summed E-state index contributed by atoms with van der Waals surface area (Å²) in [6.45, 7) is 1.92. The monoisotopic (exact) mass is 304 g/mol. The normalized spacial score (nSPS) is 10.9. The van der Waals surface area contributed by atoms with Gasteiger partial charge in [0.25, 0.3) is 0 Å². The van der Waals surface area contributed by atoms with Crippen molar-refractivity contribution in [3.05, 3.63) is 62.5 Å². The van der Waals surface area contributed by atoms with Crippen molar-refractivity contribution in [3.8, 4) is 11.3 Å². The van der Waals surface area contributed by atoms with Gasteiger partial charge in [-0.15, -0.1) is 0 Å². The van der Waals surface area contributed by atoms with Gasteiger partial charge >= 0.3 is 0 Å². The largest absolute Gasteiger partial charge is 0.354 e. The standard InChI is InChI=1S/C15H10Cl2N2O/c1-8-4-11(16)12(17)5-9(8)14-6-15(20)10-7-18-3-2-13(10)19-14/h2-7H,1H3,(H,19,20). The minimum Gasteiger partial charge on any atom is -0.354 e. The van der Waals surface area contributed by atoms with Crippen molar-refractivity contribution in [3.63, 3.8) is 0 Å². The number of rotatable bonds is 1. The van der Waals surface area contributed by atoms with Crippen LogP contribution in [0.15, 0.2) is 41.5 Å². The Morgan fingerprint density at radius 3 is 2.70 bits per heavy atom. The van der Waals surface area contributed by atoms with E-state index in [-0.39, 0.29) is 5.43 Å². The predicted octanol–water partition coefficient (Wildman–Crippen LogP) is 4.21. The first-order chi connectivity index (χ1) is 9.56. The van der Waals surface area contributed by atoms with Crippen LogP contribution in [0.4, 0.5) is 0 Å². The molecule has 0 unspecified atom stereocenters. The van der Waals surface area contributed by atoms with E-state index in [1.165, 1.54) is 0 Å². The van der Waals surface area contributed by atoms with Gasteiger partial charge in [-0.1, -0.05) is 23.2 Å². The molecule has 0 spiro atoms. The summed E-state index contributed by atoms with van der Waals surface area (Å²) >= 11 is 12.0. The lowest BCUT2D eigenvalue weighted by Gasteiger charge is -2.09. The Morgan fingerprint density at radius 1 is 1.15 bits per heavy atom. The van der Waals surface area contributed by atoms with Crippen LogP contribution in [0.1, 0.15) is 5.56 Å². The maximum atomic E-state index is 12.1. The molecule has 0 aliphatic carbocycles. The molecule has 0 saturated carbocycles. The van der Waals surface area contributed by atoms with Crippen LogP contribution in [0, 0.1) is 6.92 Å². The van der Waals surface area contributed by atoms with E-state index in [1.54, 1.807) is 36.7 Å². The van der Waals surface area contributed by atoms with Crippen LogP contribution in [0.5, 0.6) is 0 Å². The number of aromatic amines is 1. The topological polar surface area (TPSA) is 45.8 Å². The van der Waals surface area contributed by atoms with Crippen LogP contribution >= 0.6 is 23.2 Å². The first kappa shape index (κ1) is 13.2. The van der Waals surface area contributed by atoms with Gasteiger partial charge in [-0.2, -0.15) is 0 Å². The number of pyridine rings is 2. The van der Waals surface area contributed by atoms with E-state index in [2.05, 4.69) is 9.97 Å². The maximum Gasteiger partial charge on any atom is 0.191 e. The highest BCUT2D eigenvalue weighted by molar-refractivity contribution is 6.42. The van der Waals surface area contributed by atoms with Gasteiger partial charge in [-0.25, -0.2) is 0 Å². The Balaban J connectivity index is 2.30. The van der Waals surface area contributed by atoms with Crippen molar-refractivity contribution >= 4 is 34.1 Å². The molecular weight excluding hydrogens is 295 g/mol. The summed E-state index contributed by atoms with van der Waals surface area (Å²) in [6.07, 6.45) is 3.20. The smallest absolute Gasteiger partial charge is 0.191 e. The molecule has 0 atom stereocenters. The third kappa shape index (κ3) is 2.19. The molecule has 100 valence electrons. The highest BCUT2D eigenvalue weighted by atomic mass is 35.5. The number of hydrogen-bond donors (Lipinski definition) is 1. The van der Waals surface area contributed by atoms with Gasteiger partial charge in [0.2, 0.25) is 0 Å². The van der Waals surface area contributed by atoms with E-state index < -0.39 is 0 Å². The number of benzene rings is 1. The first-order valence-corrected chi connectivity index (χ1v) is 6.75. The summed E-state index contributed by atoms with van der Waals surface area (Å²) in [5.41, 5.74) is 3.18. The molecule has 3 aromatic rings. The molecule has 0 amide bonds. The Labute approximate surface area is 125 Å². The molecule has 3 nitrogen and oxygen atoms in total. The average molecular weight is 305 g/mol. The molecule has 5 heteroatoms. The molecule has 2 aromatic heterocycles. The molecule has 0 aliphatic rings. The lowest BCUT2D eigenvalue weighted by molar-refractivity contribution is 1.30. The van der Waals surface area contributed by atoms with E-state index in [0.29, 0.717) is 21.1 Å². The van der Waals surface area contributed by atoms with Crippen molar-refractivity contribution in [2.45, 2.75) is 6.92 Å². The quantitative estimate of drug-likeness (QED) is 0.732. The van der Waals surface area contributed by atoms with Crippen LogP contribution in [-0.4, -0.2) is 9.97 Å². The van der Waals surface area contributed by atoms with Crippen molar-refractivity contribution in [1.29, 1.82) is 0 Å². The highest BCUT2D eigenvalue weighted by Gasteiger charge is 2.09. The SMILES string of the molecule is Cc1cc(Cl)c(Cl)cc1-c1cc(=O)c2cnccc2[nH]1. The van der Waals surface area contributed by atoms with Gasteiger partial charge in [-0.05, 0) is 30.7 Å². The Bertz CT molecular complexity index is 871. The van der Waals surface area contributed by atoms with Gasteiger partial charge in [-0.3, -0.25) is 9.78 Å². The fraction of sp³-hybridized carbons (Fsp3) is 0.0667. The van der Waals surface area contributed by atoms with Crippen LogP contribution < -0.4 is 5.43 Å². The second kappa shape index (κ2) is 4.93. The summed E-state index contributed by atoms with van der Waals surface area (Å²) in [6, 6.07) is 6.87. The molecule has 3 rings (SSSR count). The summed E-state index contributed by atoms with van der Waals surface area (Å²) < 4.78 is 0. The van der Waals surface area contributed by atoms with Gasteiger partial charge in [0.15, 0.2) is 5.43 Å². The van der Waals surface area contributed by atoms with Crippen LogP contribution in [0.3, 0.4) is 0 Å². The zero-order chi connectivity index (χ0) is 14.3. The third-order valence-electron chi connectivity index (χ3n) is 3.19. The first-order valence-electron chi connectivity index (χ1n) is 5.99. The fourth-order valence-corrected chi connectivity index (χ4v) is 2.55. The van der Waals surface area contributed by atoms with Gasteiger partial charge in [0.1, 0.15) is 0 Å². The van der Waals surface area contributed by atoms with E-state index in [0.717, 1.165) is 16.6 Å². The summed E-state index contributed by atoms with van der Waals surface area (Å²) in [4.78, 5) is 19.3. The number of aryl methyl sites for hydroxylation is 1. The number of halogens is 2.